The molecule has 0 radical (unpaired) electrons. The number of nitrogens with zero attached hydrogens (tertiary/aromatic N) is 3. The van der Waals surface area contributed by atoms with Crippen molar-refractivity contribution < 1.29 is 14.3 Å². The van der Waals surface area contributed by atoms with E-state index in [4.69, 9.17) is 21.3 Å². The molecule has 1 heterocycles. The molecule has 0 saturated carbocycles. The van der Waals surface area contributed by atoms with Gasteiger partial charge >= 0.3 is 0 Å². The van der Waals surface area contributed by atoms with Crippen molar-refractivity contribution in [3.8, 4) is 5.75 Å². The molecule has 0 unspecified atom stereocenters. The molecule has 3 aromatic rings. The van der Waals surface area contributed by atoms with Crippen molar-refractivity contribution in [1.29, 1.82) is 0 Å². The Bertz CT molecular complexity index is 1080. The Morgan fingerprint density at radius 1 is 1.03 bits per heavy atom. The molecular weight excluding hydrogens is 434 g/mol. The number of carbonyl (C=O) groups excluding carboxylic acids is 2. The summed E-state index contributed by atoms with van der Waals surface area (Å²) in [6, 6.07) is 10.3. The summed E-state index contributed by atoms with van der Waals surface area (Å²) >= 11 is 7.76. The van der Waals surface area contributed by atoms with Crippen molar-refractivity contribution in [1.82, 2.24) is 9.88 Å². The van der Waals surface area contributed by atoms with E-state index in [0.717, 1.165) is 17.8 Å². The molecule has 1 aromatic heterocycles. The van der Waals surface area contributed by atoms with E-state index in [1.165, 1.54) is 18.3 Å². The first-order valence-corrected chi connectivity index (χ1v) is 11.4. The van der Waals surface area contributed by atoms with Crippen LogP contribution in [0, 0.1) is 0 Å². The maximum absolute atomic E-state index is 13.5. The van der Waals surface area contributed by atoms with Crippen LogP contribution in [0.1, 0.15) is 41.5 Å². The van der Waals surface area contributed by atoms with Gasteiger partial charge in [-0.25, -0.2) is 4.98 Å². The topological polar surface area (TPSA) is 62.7 Å². The number of amides is 1. The van der Waals surface area contributed by atoms with Crippen molar-refractivity contribution in [2.45, 2.75) is 20.8 Å². The lowest BCUT2D eigenvalue weighted by atomic mass is 10.1. The van der Waals surface area contributed by atoms with Crippen LogP contribution in [0.15, 0.2) is 36.4 Å². The molecule has 6 nitrogen and oxygen atoms in total. The highest BCUT2D eigenvalue weighted by molar-refractivity contribution is 7.23. The Labute approximate surface area is 191 Å². The number of ketones is 1. The highest BCUT2D eigenvalue weighted by atomic mass is 35.5. The van der Waals surface area contributed by atoms with Gasteiger partial charge in [0, 0.05) is 24.2 Å². The number of methoxy groups -OCH3 is 1. The fourth-order valence-electron chi connectivity index (χ4n) is 3.29. The molecule has 0 aliphatic rings. The number of rotatable bonds is 9. The van der Waals surface area contributed by atoms with E-state index in [2.05, 4.69) is 18.7 Å². The van der Waals surface area contributed by atoms with E-state index >= 15 is 0 Å². The van der Waals surface area contributed by atoms with Crippen molar-refractivity contribution in [2.24, 2.45) is 0 Å². The number of halogens is 1. The number of Topliss-reactive ketones (excluding diaryl/α,β-unsaturated/α-hetero) is 1. The molecule has 0 fully saturated rings. The van der Waals surface area contributed by atoms with E-state index in [9.17, 15) is 9.59 Å². The zero-order valence-electron chi connectivity index (χ0n) is 18.1. The highest BCUT2D eigenvalue weighted by Crippen LogP contribution is 2.39. The summed E-state index contributed by atoms with van der Waals surface area (Å²) < 4.78 is 6.21. The molecule has 8 heteroatoms. The molecule has 0 atom stereocenters. The molecule has 1 amide bonds. The van der Waals surface area contributed by atoms with Gasteiger partial charge < -0.3 is 9.64 Å². The zero-order chi connectivity index (χ0) is 22.5. The standard InChI is InChI=1S/C23H26ClN3O3S/c1-5-26(6-2)13-14-27(22(29)17-9-7-16(8-10-17)15(3)28)23-25-20-19(30-4)12-11-18(24)21(20)31-23/h7-12H,5-6,13-14H2,1-4H3. The number of thiazole rings is 1. The second kappa shape index (κ2) is 10.2. The van der Waals surface area contributed by atoms with Gasteiger partial charge in [0.1, 0.15) is 11.3 Å². The van der Waals surface area contributed by atoms with Gasteiger partial charge in [-0.05, 0) is 44.3 Å². The lowest BCUT2D eigenvalue weighted by Crippen LogP contribution is -2.38. The summed E-state index contributed by atoms with van der Waals surface area (Å²) in [5.74, 6) is 0.408. The van der Waals surface area contributed by atoms with Crippen molar-refractivity contribution in [3.05, 3.63) is 52.5 Å². The first-order chi connectivity index (χ1) is 14.9. The monoisotopic (exact) mass is 459 g/mol. The summed E-state index contributed by atoms with van der Waals surface area (Å²) in [6.45, 7) is 8.68. The normalized spacial score (nSPS) is 11.2. The van der Waals surface area contributed by atoms with Crippen LogP contribution < -0.4 is 9.64 Å². The second-order valence-electron chi connectivity index (χ2n) is 7.04. The van der Waals surface area contributed by atoms with Crippen LogP contribution in [0.5, 0.6) is 5.75 Å². The quantitative estimate of drug-likeness (QED) is 0.414. The van der Waals surface area contributed by atoms with E-state index in [-0.39, 0.29) is 11.7 Å². The lowest BCUT2D eigenvalue weighted by Gasteiger charge is -2.24. The number of aromatic nitrogens is 1. The Hall–Kier alpha value is -2.48. The maximum atomic E-state index is 13.5. The smallest absolute Gasteiger partial charge is 0.260 e. The Morgan fingerprint density at radius 2 is 1.68 bits per heavy atom. The number of ether oxygens (including phenoxy) is 1. The summed E-state index contributed by atoms with van der Waals surface area (Å²) in [4.78, 5) is 33.7. The third-order valence-corrected chi connectivity index (χ3v) is 6.75. The SMILES string of the molecule is CCN(CC)CCN(C(=O)c1ccc(C(C)=O)cc1)c1nc2c(OC)ccc(Cl)c2s1. The Morgan fingerprint density at radius 3 is 2.26 bits per heavy atom. The predicted octanol–water partition coefficient (Wildman–Crippen LogP) is 5.15. The van der Waals surface area contributed by atoms with Crippen LogP contribution in [0.4, 0.5) is 5.13 Å². The molecule has 0 spiro atoms. The number of benzene rings is 2. The number of hydrogen-bond acceptors (Lipinski definition) is 6. The number of likely N-dealkylation sites (N-methyl/N-ethyl adjacent to an activating group) is 1. The van der Waals surface area contributed by atoms with Crippen molar-refractivity contribution in [2.75, 3.05) is 38.2 Å². The molecule has 3 rings (SSSR count). The van der Waals surface area contributed by atoms with Crippen LogP contribution in [0.2, 0.25) is 5.02 Å². The van der Waals surface area contributed by atoms with Crippen LogP contribution in [-0.4, -0.2) is 54.9 Å². The average Bonchev–Trinajstić information content (AvgIpc) is 3.23. The van der Waals surface area contributed by atoms with Gasteiger partial charge in [-0.15, -0.1) is 0 Å². The summed E-state index contributed by atoms with van der Waals surface area (Å²) in [7, 11) is 1.58. The second-order valence-corrected chi connectivity index (χ2v) is 8.43. The minimum Gasteiger partial charge on any atom is -0.494 e. The van der Waals surface area contributed by atoms with Crippen molar-refractivity contribution >= 4 is 50.0 Å². The lowest BCUT2D eigenvalue weighted by molar-refractivity contribution is 0.0980. The summed E-state index contributed by atoms with van der Waals surface area (Å²) in [6.07, 6.45) is 0. The molecule has 0 N–H and O–H groups in total. The van der Waals surface area contributed by atoms with Gasteiger partial charge in [-0.2, -0.15) is 0 Å². The third kappa shape index (κ3) is 5.06. The first-order valence-electron chi connectivity index (χ1n) is 10.2. The van der Waals surface area contributed by atoms with E-state index in [1.54, 1.807) is 48.4 Å². The van der Waals surface area contributed by atoms with E-state index in [0.29, 0.717) is 45.6 Å². The van der Waals surface area contributed by atoms with Gasteiger partial charge in [0.15, 0.2) is 10.9 Å². The number of fused-ring (bicyclic) bond motifs is 1. The van der Waals surface area contributed by atoms with Crippen LogP contribution in [-0.2, 0) is 0 Å². The highest BCUT2D eigenvalue weighted by Gasteiger charge is 2.23. The predicted molar refractivity (Wildman–Crippen MR) is 127 cm³/mol. The van der Waals surface area contributed by atoms with Gasteiger partial charge in [0.25, 0.3) is 5.91 Å². The van der Waals surface area contributed by atoms with Crippen molar-refractivity contribution in [3.63, 3.8) is 0 Å². The summed E-state index contributed by atoms with van der Waals surface area (Å²) in [5, 5.41) is 1.13. The van der Waals surface area contributed by atoms with E-state index < -0.39 is 0 Å². The first kappa shape index (κ1) is 23.2. The molecule has 0 aliphatic carbocycles. The zero-order valence-corrected chi connectivity index (χ0v) is 19.7. The van der Waals surface area contributed by atoms with Gasteiger partial charge in [-0.1, -0.05) is 48.9 Å². The fourth-order valence-corrected chi connectivity index (χ4v) is 4.57. The number of hydrogen-bond donors (Lipinski definition) is 0. The van der Waals surface area contributed by atoms with Crippen LogP contribution in [0.3, 0.4) is 0 Å². The average molecular weight is 460 g/mol. The maximum Gasteiger partial charge on any atom is 0.260 e. The fraction of sp³-hybridized carbons (Fsp3) is 0.348. The molecule has 0 aliphatic heterocycles. The third-order valence-electron chi connectivity index (χ3n) is 5.22. The molecule has 2 aromatic carbocycles. The molecule has 31 heavy (non-hydrogen) atoms. The Balaban J connectivity index is 2.01. The van der Waals surface area contributed by atoms with Gasteiger partial charge in [-0.3, -0.25) is 14.5 Å². The number of carbonyl (C=O) groups is 2. The minimum absolute atomic E-state index is 0.0368. The molecular formula is C23H26ClN3O3S. The summed E-state index contributed by atoms with van der Waals surface area (Å²) in [5.41, 5.74) is 1.71. The van der Waals surface area contributed by atoms with Gasteiger partial charge in [0.2, 0.25) is 0 Å². The van der Waals surface area contributed by atoms with E-state index in [1.807, 2.05) is 0 Å². The Kier molecular flexibility index (Phi) is 7.64. The van der Waals surface area contributed by atoms with Crippen LogP contribution in [0.25, 0.3) is 10.2 Å². The molecule has 0 bridgehead atoms. The number of anilines is 1. The van der Waals surface area contributed by atoms with Crippen LogP contribution >= 0.6 is 22.9 Å². The minimum atomic E-state index is -0.170. The van der Waals surface area contributed by atoms with Gasteiger partial charge in [0.05, 0.1) is 16.8 Å². The molecule has 164 valence electrons. The largest absolute Gasteiger partial charge is 0.494 e. The molecule has 0 saturated heterocycles.